The van der Waals surface area contributed by atoms with E-state index < -0.39 is 9.85 Å². The van der Waals surface area contributed by atoms with Crippen molar-refractivity contribution in [3.05, 3.63) is 140 Å². The standard InChI is InChI=1S/C14H13NO4.C14H11NO4/c2*16-9-12-6-7-13(15(17)18)14(8-12)19-10-11-4-2-1-3-5-11/h1-8,16H,9-10H2;1-9H,10H2. The second-order valence-corrected chi connectivity index (χ2v) is 7.87. The van der Waals surface area contributed by atoms with Gasteiger partial charge in [-0.3, -0.25) is 25.0 Å². The fraction of sp³-hybridized carbons (Fsp3) is 0.107. The molecule has 0 radical (unpaired) electrons. The van der Waals surface area contributed by atoms with Gasteiger partial charge in [0.05, 0.1) is 16.5 Å². The first kappa shape index (κ1) is 27.5. The van der Waals surface area contributed by atoms with Crippen LogP contribution in [0, 0.1) is 20.2 Å². The van der Waals surface area contributed by atoms with Gasteiger partial charge in [-0.2, -0.15) is 0 Å². The van der Waals surface area contributed by atoms with Crippen LogP contribution in [0.3, 0.4) is 0 Å². The number of hydrogen-bond donors (Lipinski definition) is 1. The number of nitro benzene ring substituents is 2. The SMILES string of the molecule is O=Cc1ccc([N+](=O)[O-])c(OCc2ccccc2)c1.O=[N+]([O-])c1ccc(CO)cc1OCc1ccccc1. The minimum atomic E-state index is -0.533. The van der Waals surface area contributed by atoms with E-state index in [9.17, 15) is 25.0 Å². The second kappa shape index (κ2) is 13.9. The van der Waals surface area contributed by atoms with Crippen molar-refractivity contribution in [1.29, 1.82) is 0 Å². The maximum atomic E-state index is 10.9. The van der Waals surface area contributed by atoms with E-state index in [2.05, 4.69) is 0 Å². The summed E-state index contributed by atoms with van der Waals surface area (Å²) in [5.41, 5.74) is 2.48. The van der Waals surface area contributed by atoms with Crippen LogP contribution in [-0.2, 0) is 19.8 Å². The van der Waals surface area contributed by atoms with Crippen molar-refractivity contribution in [1.82, 2.24) is 0 Å². The first-order valence-corrected chi connectivity index (χ1v) is 11.4. The normalized spacial score (nSPS) is 10.0. The number of benzene rings is 4. The molecule has 0 saturated carbocycles. The second-order valence-electron chi connectivity index (χ2n) is 7.87. The van der Waals surface area contributed by atoms with Crippen LogP contribution in [0.4, 0.5) is 11.4 Å². The van der Waals surface area contributed by atoms with E-state index in [1.54, 1.807) is 0 Å². The molecule has 0 atom stereocenters. The number of rotatable bonds is 10. The summed E-state index contributed by atoms with van der Waals surface area (Å²) in [7, 11) is 0. The first-order valence-electron chi connectivity index (χ1n) is 11.4. The summed E-state index contributed by atoms with van der Waals surface area (Å²) in [6.45, 7) is 0.278. The highest BCUT2D eigenvalue weighted by Gasteiger charge is 2.16. The summed E-state index contributed by atoms with van der Waals surface area (Å²) in [6, 6.07) is 27.0. The van der Waals surface area contributed by atoms with E-state index in [1.165, 1.54) is 36.4 Å². The van der Waals surface area contributed by atoms with Crippen LogP contribution in [0.25, 0.3) is 0 Å². The van der Waals surface area contributed by atoms with Crippen molar-refractivity contribution in [2.24, 2.45) is 0 Å². The molecule has 0 saturated heterocycles. The first-order chi connectivity index (χ1) is 18.4. The van der Waals surface area contributed by atoms with Gasteiger partial charge in [0, 0.05) is 17.7 Å². The summed E-state index contributed by atoms with van der Waals surface area (Å²) >= 11 is 0. The average Bonchev–Trinajstić information content (AvgIpc) is 2.95. The summed E-state index contributed by atoms with van der Waals surface area (Å²) in [4.78, 5) is 31.4. The maximum absolute atomic E-state index is 10.9. The molecular weight excluding hydrogens is 492 g/mol. The number of nitrogens with zero attached hydrogens (tertiary/aromatic N) is 2. The molecule has 0 aliphatic heterocycles. The number of nitro groups is 2. The van der Waals surface area contributed by atoms with Gasteiger partial charge in [0.1, 0.15) is 19.5 Å². The molecule has 0 amide bonds. The third kappa shape index (κ3) is 7.97. The number of hydrogen-bond acceptors (Lipinski definition) is 8. The molecule has 0 unspecified atom stereocenters. The number of carbonyl (C=O) groups excluding carboxylic acids is 1. The Balaban J connectivity index is 0.000000211. The van der Waals surface area contributed by atoms with Gasteiger partial charge in [-0.1, -0.05) is 60.7 Å². The number of aliphatic hydroxyl groups is 1. The molecule has 10 heteroatoms. The Hall–Kier alpha value is -5.09. The minimum Gasteiger partial charge on any atom is -0.482 e. The van der Waals surface area contributed by atoms with Crippen LogP contribution in [0.1, 0.15) is 27.0 Å². The van der Waals surface area contributed by atoms with Gasteiger partial charge in [-0.15, -0.1) is 0 Å². The highest BCUT2D eigenvalue weighted by Crippen LogP contribution is 2.29. The molecular formula is C28H24N2O8. The smallest absolute Gasteiger partial charge is 0.310 e. The molecule has 4 aromatic rings. The quantitative estimate of drug-likeness (QED) is 0.162. The largest absolute Gasteiger partial charge is 0.482 e. The average molecular weight is 517 g/mol. The van der Waals surface area contributed by atoms with Crippen molar-refractivity contribution < 1.29 is 29.2 Å². The van der Waals surface area contributed by atoms with Gasteiger partial charge >= 0.3 is 11.4 Å². The lowest BCUT2D eigenvalue weighted by Crippen LogP contribution is -2.00. The lowest BCUT2D eigenvalue weighted by atomic mass is 10.2. The van der Waals surface area contributed by atoms with Crippen LogP contribution in [0.15, 0.2) is 97.1 Å². The van der Waals surface area contributed by atoms with E-state index in [0.29, 0.717) is 17.4 Å². The van der Waals surface area contributed by atoms with Crippen molar-refractivity contribution in [3.8, 4) is 11.5 Å². The zero-order chi connectivity index (χ0) is 27.3. The van der Waals surface area contributed by atoms with Crippen LogP contribution < -0.4 is 9.47 Å². The summed E-state index contributed by atoms with van der Waals surface area (Å²) in [6.07, 6.45) is 0.624. The number of aldehydes is 1. The minimum absolute atomic E-state index is 0.0958. The van der Waals surface area contributed by atoms with Crippen molar-refractivity contribution in [2.75, 3.05) is 0 Å². The fourth-order valence-electron chi connectivity index (χ4n) is 3.26. The zero-order valence-electron chi connectivity index (χ0n) is 20.1. The predicted molar refractivity (Wildman–Crippen MR) is 139 cm³/mol. The number of carbonyl (C=O) groups is 1. The van der Waals surface area contributed by atoms with Crippen LogP contribution in [-0.4, -0.2) is 21.2 Å². The lowest BCUT2D eigenvalue weighted by molar-refractivity contribution is -0.386. The van der Waals surface area contributed by atoms with Gasteiger partial charge in [-0.25, -0.2) is 0 Å². The summed E-state index contributed by atoms with van der Waals surface area (Å²) in [5, 5.41) is 30.8. The van der Waals surface area contributed by atoms with E-state index >= 15 is 0 Å². The third-order valence-corrected chi connectivity index (χ3v) is 5.19. The Morgan fingerprint density at radius 2 is 1.13 bits per heavy atom. The molecule has 0 bridgehead atoms. The molecule has 0 aromatic heterocycles. The van der Waals surface area contributed by atoms with E-state index in [-0.39, 0.29) is 42.7 Å². The van der Waals surface area contributed by atoms with Crippen LogP contribution >= 0.6 is 0 Å². The van der Waals surface area contributed by atoms with Gasteiger partial charge in [0.25, 0.3) is 0 Å². The van der Waals surface area contributed by atoms with Crippen molar-refractivity contribution in [3.63, 3.8) is 0 Å². The third-order valence-electron chi connectivity index (χ3n) is 5.19. The molecule has 4 aromatic carbocycles. The molecule has 0 aliphatic carbocycles. The Kier molecular flexibility index (Phi) is 10.0. The Bertz CT molecular complexity index is 1380. The summed E-state index contributed by atoms with van der Waals surface area (Å²) < 4.78 is 10.9. The van der Waals surface area contributed by atoms with Crippen LogP contribution in [0.5, 0.6) is 11.5 Å². The molecule has 10 nitrogen and oxygen atoms in total. The molecule has 0 fully saturated rings. The van der Waals surface area contributed by atoms with E-state index in [0.717, 1.165) is 11.1 Å². The lowest BCUT2D eigenvalue weighted by Gasteiger charge is -2.08. The van der Waals surface area contributed by atoms with E-state index in [4.69, 9.17) is 14.6 Å². The van der Waals surface area contributed by atoms with E-state index in [1.807, 2.05) is 60.7 Å². The molecule has 38 heavy (non-hydrogen) atoms. The van der Waals surface area contributed by atoms with Crippen molar-refractivity contribution >= 4 is 17.7 Å². The Morgan fingerprint density at radius 3 is 1.58 bits per heavy atom. The molecule has 0 spiro atoms. The maximum Gasteiger partial charge on any atom is 0.310 e. The molecule has 194 valence electrons. The summed E-state index contributed by atoms with van der Waals surface area (Å²) in [5.74, 6) is 0.263. The van der Waals surface area contributed by atoms with Gasteiger partial charge < -0.3 is 14.6 Å². The highest BCUT2D eigenvalue weighted by atomic mass is 16.6. The number of ether oxygens (including phenoxy) is 2. The highest BCUT2D eigenvalue weighted by molar-refractivity contribution is 5.77. The topological polar surface area (TPSA) is 142 Å². The molecule has 0 aliphatic rings. The number of aliphatic hydroxyl groups excluding tert-OH is 1. The molecule has 0 heterocycles. The fourth-order valence-corrected chi connectivity index (χ4v) is 3.26. The van der Waals surface area contributed by atoms with Crippen molar-refractivity contribution in [2.45, 2.75) is 19.8 Å². The van der Waals surface area contributed by atoms with Gasteiger partial charge in [0.2, 0.25) is 0 Å². The predicted octanol–water partition coefficient (Wildman–Crippen LogP) is 5.65. The molecule has 1 N–H and O–H groups in total. The monoisotopic (exact) mass is 516 g/mol. The van der Waals surface area contributed by atoms with Gasteiger partial charge in [0.15, 0.2) is 11.5 Å². The zero-order valence-corrected chi connectivity index (χ0v) is 20.1. The van der Waals surface area contributed by atoms with Crippen LogP contribution in [0.2, 0.25) is 0 Å². The molecule has 4 rings (SSSR count). The Labute approximate surface area is 218 Å². The Morgan fingerprint density at radius 1 is 0.658 bits per heavy atom. The van der Waals surface area contributed by atoms with Gasteiger partial charge in [-0.05, 0) is 41.0 Å².